The van der Waals surface area contributed by atoms with E-state index in [0.717, 1.165) is 0 Å². The Morgan fingerprint density at radius 2 is 1.96 bits per heavy atom. The first-order valence-corrected chi connectivity index (χ1v) is 7.92. The lowest BCUT2D eigenvalue weighted by atomic mass is 10.1. The number of esters is 1. The van der Waals surface area contributed by atoms with Crippen LogP contribution in [-0.2, 0) is 9.53 Å². The number of hydrogen-bond donors (Lipinski definition) is 1. The summed E-state index contributed by atoms with van der Waals surface area (Å²) in [6, 6.07) is 7.32. The van der Waals surface area contributed by atoms with E-state index in [1.54, 1.807) is 13.8 Å². The van der Waals surface area contributed by atoms with Gasteiger partial charge in [0.2, 0.25) is 0 Å². The minimum Gasteiger partial charge on any atom is -0.479 e. The second-order valence-corrected chi connectivity index (χ2v) is 5.64. The molecule has 1 heterocycles. The quantitative estimate of drug-likeness (QED) is 0.824. The molecule has 0 fully saturated rings. The fourth-order valence-electron chi connectivity index (χ4n) is 2.39. The van der Waals surface area contributed by atoms with Gasteiger partial charge in [0, 0.05) is 11.4 Å². The maximum absolute atomic E-state index is 12.7. The van der Waals surface area contributed by atoms with Gasteiger partial charge in [0.05, 0.1) is 23.4 Å². The number of benzene rings is 1. The van der Waals surface area contributed by atoms with Gasteiger partial charge in [-0.25, -0.2) is 9.78 Å². The van der Waals surface area contributed by atoms with Crippen LogP contribution < -0.4 is 10.1 Å². The number of carbonyl (C=O) groups excluding carboxylic acids is 2. The minimum absolute atomic E-state index is 0.0253. The number of aromatic nitrogens is 1. The van der Waals surface area contributed by atoms with E-state index in [2.05, 4.69) is 10.3 Å². The van der Waals surface area contributed by atoms with Crippen LogP contribution in [-0.4, -0.2) is 36.1 Å². The topological polar surface area (TPSA) is 77.5 Å². The van der Waals surface area contributed by atoms with Crippen LogP contribution in [0.5, 0.6) is 5.75 Å². The first kappa shape index (κ1) is 17.7. The van der Waals surface area contributed by atoms with Crippen molar-refractivity contribution in [2.24, 2.45) is 0 Å². The maximum atomic E-state index is 12.7. The van der Waals surface area contributed by atoms with Gasteiger partial charge >= 0.3 is 5.97 Å². The van der Waals surface area contributed by atoms with Crippen LogP contribution in [0.3, 0.4) is 0 Å². The number of ether oxygens (including phenoxy) is 2. The number of aryl methyl sites for hydroxylation is 1. The molecule has 0 unspecified atom stereocenters. The summed E-state index contributed by atoms with van der Waals surface area (Å²) >= 11 is 0. The summed E-state index contributed by atoms with van der Waals surface area (Å²) < 4.78 is 10.5. The van der Waals surface area contributed by atoms with E-state index in [1.165, 1.54) is 0 Å². The van der Waals surface area contributed by atoms with Crippen LogP contribution in [0.2, 0.25) is 0 Å². The average Bonchev–Trinajstić information content (AvgIpc) is 2.51. The van der Waals surface area contributed by atoms with Crippen molar-refractivity contribution in [2.75, 3.05) is 13.2 Å². The van der Waals surface area contributed by atoms with Gasteiger partial charge in [0.15, 0.2) is 12.4 Å². The van der Waals surface area contributed by atoms with Crippen LogP contribution in [0.4, 0.5) is 0 Å². The normalized spacial score (nSPS) is 10.7. The largest absolute Gasteiger partial charge is 0.479 e. The second kappa shape index (κ2) is 7.77. The van der Waals surface area contributed by atoms with E-state index in [9.17, 15) is 9.59 Å². The molecule has 0 spiro atoms. The monoisotopic (exact) mass is 330 g/mol. The van der Waals surface area contributed by atoms with Crippen LogP contribution >= 0.6 is 0 Å². The van der Waals surface area contributed by atoms with Gasteiger partial charge in [-0.3, -0.25) is 4.79 Å². The number of nitrogens with one attached hydrogen (secondary N) is 1. The molecule has 0 saturated heterocycles. The Bertz CT molecular complexity index is 756. The molecule has 2 rings (SSSR count). The molecule has 0 bridgehead atoms. The Balaban J connectivity index is 2.49. The van der Waals surface area contributed by atoms with Gasteiger partial charge in [-0.05, 0) is 33.8 Å². The van der Waals surface area contributed by atoms with E-state index in [1.807, 2.05) is 38.1 Å². The lowest BCUT2D eigenvalue weighted by Crippen LogP contribution is -2.31. The Morgan fingerprint density at radius 3 is 2.62 bits per heavy atom. The van der Waals surface area contributed by atoms with Gasteiger partial charge < -0.3 is 14.8 Å². The summed E-state index contributed by atoms with van der Waals surface area (Å²) in [5, 5.41) is 3.55. The number of para-hydroxylation sites is 1. The first-order chi connectivity index (χ1) is 11.4. The van der Waals surface area contributed by atoms with Crippen molar-refractivity contribution in [3.63, 3.8) is 0 Å². The van der Waals surface area contributed by atoms with Crippen molar-refractivity contribution in [3.05, 3.63) is 35.5 Å². The van der Waals surface area contributed by atoms with Crippen molar-refractivity contribution in [1.29, 1.82) is 0 Å². The van der Waals surface area contributed by atoms with Crippen molar-refractivity contribution in [3.8, 4) is 5.75 Å². The smallest absolute Gasteiger partial charge is 0.344 e. The highest BCUT2D eigenvalue weighted by Crippen LogP contribution is 2.30. The number of rotatable bonds is 6. The molecule has 1 aromatic heterocycles. The standard InChI is InChI=1S/C18H22N2O4/c1-5-23-15(21)10-24-17-12(4)20-14-9-7-6-8-13(14)16(17)18(22)19-11(2)3/h6-9,11H,5,10H2,1-4H3,(H,19,22). The second-order valence-electron chi connectivity index (χ2n) is 5.64. The van der Waals surface area contributed by atoms with Gasteiger partial charge in [0.1, 0.15) is 0 Å². The molecule has 0 aliphatic heterocycles. The molecule has 0 aliphatic rings. The summed E-state index contributed by atoms with van der Waals surface area (Å²) in [7, 11) is 0. The SMILES string of the molecule is CCOC(=O)COc1c(C)nc2ccccc2c1C(=O)NC(C)C. The highest BCUT2D eigenvalue weighted by atomic mass is 16.6. The zero-order valence-electron chi connectivity index (χ0n) is 14.4. The van der Waals surface area contributed by atoms with Gasteiger partial charge in [-0.1, -0.05) is 18.2 Å². The van der Waals surface area contributed by atoms with Crippen molar-refractivity contribution < 1.29 is 19.1 Å². The molecule has 0 radical (unpaired) electrons. The molecule has 2 aromatic rings. The Kier molecular flexibility index (Phi) is 5.73. The number of amides is 1. The van der Waals surface area contributed by atoms with Crippen LogP contribution in [0.1, 0.15) is 36.8 Å². The third kappa shape index (κ3) is 4.01. The molecule has 128 valence electrons. The highest BCUT2D eigenvalue weighted by molar-refractivity contribution is 6.09. The number of pyridine rings is 1. The fraction of sp³-hybridized carbons (Fsp3) is 0.389. The summed E-state index contributed by atoms with van der Waals surface area (Å²) in [6.45, 7) is 7.25. The zero-order chi connectivity index (χ0) is 17.7. The molecule has 0 atom stereocenters. The molecule has 0 saturated carbocycles. The first-order valence-electron chi connectivity index (χ1n) is 7.92. The van der Waals surface area contributed by atoms with Crippen LogP contribution in [0.25, 0.3) is 10.9 Å². The predicted octanol–water partition coefficient (Wildman–Crippen LogP) is 2.62. The molecule has 1 amide bonds. The fourth-order valence-corrected chi connectivity index (χ4v) is 2.39. The minimum atomic E-state index is -0.486. The zero-order valence-corrected chi connectivity index (χ0v) is 14.4. The molecule has 6 nitrogen and oxygen atoms in total. The van der Waals surface area contributed by atoms with Gasteiger partial charge in [-0.2, -0.15) is 0 Å². The Morgan fingerprint density at radius 1 is 1.25 bits per heavy atom. The third-order valence-corrected chi connectivity index (χ3v) is 3.30. The molecule has 24 heavy (non-hydrogen) atoms. The van der Waals surface area contributed by atoms with E-state index < -0.39 is 5.97 Å². The summed E-state index contributed by atoms with van der Waals surface area (Å²) in [5.74, 6) is -0.439. The van der Waals surface area contributed by atoms with Gasteiger partial charge in [-0.15, -0.1) is 0 Å². The number of nitrogens with zero attached hydrogens (tertiary/aromatic N) is 1. The molecule has 6 heteroatoms. The van der Waals surface area contributed by atoms with Crippen molar-refractivity contribution in [1.82, 2.24) is 10.3 Å². The molecular weight excluding hydrogens is 308 g/mol. The molecular formula is C18H22N2O4. The third-order valence-electron chi connectivity index (χ3n) is 3.30. The van der Waals surface area contributed by atoms with Crippen molar-refractivity contribution in [2.45, 2.75) is 33.7 Å². The summed E-state index contributed by atoms with van der Waals surface area (Å²) in [5.41, 5.74) is 1.63. The Labute approximate surface area is 141 Å². The van der Waals surface area contributed by atoms with Crippen LogP contribution in [0, 0.1) is 6.92 Å². The lowest BCUT2D eigenvalue weighted by molar-refractivity contribution is -0.145. The van der Waals surface area contributed by atoms with E-state index >= 15 is 0 Å². The number of fused-ring (bicyclic) bond motifs is 1. The summed E-state index contributed by atoms with van der Waals surface area (Å²) in [4.78, 5) is 28.7. The van der Waals surface area contributed by atoms with Crippen molar-refractivity contribution >= 4 is 22.8 Å². The maximum Gasteiger partial charge on any atom is 0.344 e. The summed E-state index contributed by atoms with van der Waals surface area (Å²) in [6.07, 6.45) is 0. The van der Waals surface area contributed by atoms with E-state index in [0.29, 0.717) is 27.9 Å². The molecule has 1 aromatic carbocycles. The molecule has 0 aliphatic carbocycles. The molecule has 1 N–H and O–H groups in total. The highest BCUT2D eigenvalue weighted by Gasteiger charge is 2.21. The Hall–Kier alpha value is -2.63. The van der Waals surface area contributed by atoms with Crippen LogP contribution in [0.15, 0.2) is 24.3 Å². The lowest BCUT2D eigenvalue weighted by Gasteiger charge is -2.17. The predicted molar refractivity (Wildman–Crippen MR) is 91.2 cm³/mol. The van der Waals surface area contributed by atoms with Gasteiger partial charge in [0.25, 0.3) is 5.91 Å². The van der Waals surface area contributed by atoms with E-state index in [4.69, 9.17) is 9.47 Å². The number of hydrogen-bond acceptors (Lipinski definition) is 5. The number of carbonyl (C=O) groups is 2. The van der Waals surface area contributed by atoms with E-state index in [-0.39, 0.29) is 25.2 Å². The average molecular weight is 330 g/mol.